The lowest BCUT2D eigenvalue weighted by atomic mass is 9.82. The molecule has 6 heteroatoms. The van der Waals surface area contributed by atoms with Crippen LogP contribution in [0, 0.1) is 4.91 Å². The van der Waals surface area contributed by atoms with Crippen molar-refractivity contribution < 1.29 is 9.44 Å². The number of furan rings is 1. The fourth-order valence-electron chi connectivity index (χ4n) is 1.13. The second-order valence-corrected chi connectivity index (χ2v) is 3.85. The standard InChI is InChI=1S/C9H9BBrNO3/c1-3-8-7(4-6(2)11)5-9(15-8)10(13)12-14/h3-5,13H,2H2,1H3. The lowest BCUT2D eigenvalue weighted by Crippen LogP contribution is -2.26. The van der Waals surface area contributed by atoms with Gasteiger partial charge in [-0.15, -0.1) is 0 Å². The maximum absolute atomic E-state index is 10.1. The Bertz CT molecular complexity index is 494. The van der Waals surface area contributed by atoms with Crippen LogP contribution in [0.1, 0.15) is 6.92 Å². The van der Waals surface area contributed by atoms with Gasteiger partial charge in [0.25, 0.3) is 0 Å². The minimum Gasteiger partial charge on any atom is -0.465 e. The Balaban J connectivity index is 3.36. The van der Waals surface area contributed by atoms with Crippen LogP contribution in [-0.2, 0) is 0 Å². The van der Waals surface area contributed by atoms with E-state index >= 15 is 0 Å². The lowest BCUT2D eigenvalue weighted by Gasteiger charge is -1.86. The summed E-state index contributed by atoms with van der Waals surface area (Å²) in [4.78, 5) is 10.1. The summed E-state index contributed by atoms with van der Waals surface area (Å²) in [6.45, 7) is 5.45. The van der Waals surface area contributed by atoms with Crippen LogP contribution in [0.3, 0.4) is 0 Å². The monoisotopic (exact) mass is 269 g/mol. The fraction of sp³-hybridized carbons (Fsp3) is 0.111. The minimum absolute atomic E-state index is 0.123. The summed E-state index contributed by atoms with van der Waals surface area (Å²) in [7, 11) is -1.46. The van der Waals surface area contributed by atoms with E-state index < -0.39 is 7.05 Å². The number of hydrogen-bond acceptors (Lipinski definition) is 4. The molecule has 1 heterocycles. The highest BCUT2D eigenvalue weighted by molar-refractivity contribution is 9.12. The molecule has 15 heavy (non-hydrogen) atoms. The normalized spacial score (nSPS) is 13.0. The average Bonchev–Trinajstić information content (AvgIpc) is 2.59. The molecule has 1 aromatic heterocycles. The van der Waals surface area contributed by atoms with Crippen LogP contribution in [0.15, 0.2) is 26.6 Å². The van der Waals surface area contributed by atoms with Crippen LogP contribution in [0.4, 0.5) is 0 Å². The van der Waals surface area contributed by atoms with Crippen LogP contribution in [0.5, 0.6) is 0 Å². The van der Waals surface area contributed by atoms with Crippen molar-refractivity contribution in [2.24, 2.45) is 5.09 Å². The molecule has 0 saturated carbocycles. The SMILES string of the molecule is C=C(Br)C=c1cc(B(O)N=O)oc1=CC. The first-order chi connectivity index (χ1) is 7.08. The first kappa shape index (κ1) is 11.9. The summed E-state index contributed by atoms with van der Waals surface area (Å²) in [5.74, 6) is 0. The highest BCUT2D eigenvalue weighted by Gasteiger charge is 2.20. The van der Waals surface area contributed by atoms with Gasteiger partial charge in [0.05, 0.1) is 0 Å². The third-order valence-corrected chi connectivity index (χ3v) is 1.97. The number of rotatable bonds is 3. The fourth-order valence-corrected chi connectivity index (χ4v) is 1.37. The number of nitroso groups, excluding NO2 is 1. The van der Waals surface area contributed by atoms with Crippen molar-refractivity contribution in [2.45, 2.75) is 6.92 Å². The van der Waals surface area contributed by atoms with Crippen LogP contribution < -0.4 is 16.3 Å². The molecule has 0 bridgehead atoms. The van der Waals surface area contributed by atoms with E-state index in [4.69, 9.17) is 9.44 Å². The van der Waals surface area contributed by atoms with E-state index in [9.17, 15) is 4.91 Å². The van der Waals surface area contributed by atoms with Gasteiger partial charge in [-0.2, -0.15) is 4.91 Å². The Morgan fingerprint density at radius 2 is 2.47 bits per heavy atom. The van der Waals surface area contributed by atoms with Gasteiger partial charge in [0, 0.05) is 9.70 Å². The highest BCUT2D eigenvalue weighted by Crippen LogP contribution is 1.99. The van der Waals surface area contributed by atoms with Gasteiger partial charge in [-0.1, -0.05) is 27.6 Å². The molecule has 0 aliphatic rings. The zero-order valence-electron chi connectivity index (χ0n) is 8.11. The Morgan fingerprint density at radius 1 is 1.80 bits per heavy atom. The van der Waals surface area contributed by atoms with Gasteiger partial charge >= 0.3 is 7.05 Å². The lowest BCUT2D eigenvalue weighted by molar-refractivity contribution is 0.524. The molecule has 0 aromatic carbocycles. The summed E-state index contributed by atoms with van der Waals surface area (Å²) in [6.07, 6.45) is 3.45. The maximum Gasteiger partial charge on any atom is 0.553 e. The van der Waals surface area contributed by atoms with Crippen molar-refractivity contribution >= 4 is 40.8 Å². The Hall–Kier alpha value is -1.14. The maximum atomic E-state index is 10.1. The topological polar surface area (TPSA) is 62.8 Å². The Morgan fingerprint density at radius 3 is 2.93 bits per heavy atom. The van der Waals surface area contributed by atoms with Gasteiger partial charge in [0.15, 0.2) is 0 Å². The molecule has 0 atom stereocenters. The predicted molar refractivity (Wildman–Crippen MR) is 64.0 cm³/mol. The molecule has 1 rings (SSSR count). The number of nitrogens with zero attached hydrogens (tertiary/aromatic N) is 1. The van der Waals surface area contributed by atoms with E-state index in [1.807, 2.05) is 0 Å². The van der Waals surface area contributed by atoms with E-state index in [1.165, 1.54) is 0 Å². The van der Waals surface area contributed by atoms with Crippen LogP contribution in [0.2, 0.25) is 0 Å². The minimum atomic E-state index is -1.46. The molecule has 0 saturated heterocycles. The molecule has 4 nitrogen and oxygen atoms in total. The second kappa shape index (κ2) is 5.09. The van der Waals surface area contributed by atoms with Gasteiger partial charge in [-0.05, 0) is 25.1 Å². The molecule has 0 unspecified atom stereocenters. The molecule has 0 aliphatic carbocycles. The quantitative estimate of drug-likeness (QED) is 0.631. The van der Waals surface area contributed by atoms with Gasteiger partial charge in [-0.25, -0.2) is 0 Å². The summed E-state index contributed by atoms with van der Waals surface area (Å²) in [5.41, 5.74) is 0.686. The molecule has 0 amide bonds. The Labute approximate surface area is 95.2 Å². The first-order valence-electron chi connectivity index (χ1n) is 4.21. The van der Waals surface area contributed by atoms with Crippen molar-refractivity contribution in [2.75, 3.05) is 0 Å². The molecule has 0 fully saturated rings. The Kier molecular flexibility index (Phi) is 4.05. The summed E-state index contributed by atoms with van der Waals surface area (Å²) < 4.78 is 5.90. The zero-order valence-corrected chi connectivity index (χ0v) is 9.69. The van der Waals surface area contributed by atoms with E-state index in [2.05, 4.69) is 27.6 Å². The third-order valence-electron chi connectivity index (χ3n) is 1.74. The average molecular weight is 270 g/mol. The van der Waals surface area contributed by atoms with Crippen molar-refractivity contribution in [3.8, 4) is 0 Å². The predicted octanol–water partition coefficient (Wildman–Crippen LogP) is 0.223. The number of halogens is 1. The summed E-state index contributed by atoms with van der Waals surface area (Å²) >= 11 is 3.18. The first-order valence-corrected chi connectivity index (χ1v) is 5.00. The van der Waals surface area contributed by atoms with Crippen LogP contribution >= 0.6 is 15.9 Å². The zero-order chi connectivity index (χ0) is 11.4. The molecule has 0 aliphatic heterocycles. The van der Waals surface area contributed by atoms with Crippen LogP contribution in [0.25, 0.3) is 12.2 Å². The molecule has 0 spiro atoms. The molecular formula is C9H9BBrNO3. The number of allylic oxidation sites excluding steroid dienone is 1. The van der Waals surface area contributed by atoms with Crippen LogP contribution in [-0.4, -0.2) is 12.1 Å². The third kappa shape index (κ3) is 2.90. The van der Waals surface area contributed by atoms with Crippen molar-refractivity contribution in [3.05, 3.63) is 32.7 Å². The number of hydrogen-bond donors (Lipinski definition) is 1. The summed E-state index contributed by atoms with van der Waals surface area (Å²) in [6, 6.07) is 1.55. The molecule has 78 valence electrons. The van der Waals surface area contributed by atoms with Gasteiger partial charge in [0.2, 0.25) is 0 Å². The van der Waals surface area contributed by atoms with Gasteiger partial charge < -0.3 is 9.44 Å². The molecule has 1 N–H and O–H groups in total. The van der Waals surface area contributed by atoms with E-state index in [-0.39, 0.29) is 5.66 Å². The van der Waals surface area contributed by atoms with Gasteiger partial charge in [0.1, 0.15) is 11.1 Å². The van der Waals surface area contributed by atoms with Crippen molar-refractivity contribution in [1.82, 2.24) is 0 Å². The molecule has 1 aromatic rings. The summed E-state index contributed by atoms with van der Waals surface area (Å²) in [5, 5.41) is 12.4. The van der Waals surface area contributed by atoms with Crippen molar-refractivity contribution in [1.29, 1.82) is 0 Å². The highest BCUT2D eigenvalue weighted by atomic mass is 79.9. The molecular weight excluding hydrogens is 261 g/mol. The van der Waals surface area contributed by atoms with E-state index in [0.29, 0.717) is 9.90 Å². The smallest absolute Gasteiger partial charge is 0.465 e. The van der Waals surface area contributed by atoms with E-state index in [1.54, 1.807) is 25.1 Å². The largest absolute Gasteiger partial charge is 0.553 e. The van der Waals surface area contributed by atoms with E-state index in [0.717, 1.165) is 5.22 Å². The molecule has 0 radical (unpaired) electrons. The van der Waals surface area contributed by atoms with Gasteiger partial charge in [-0.3, -0.25) is 0 Å². The second-order valence-electron chi connectivity index (χ2n) is 2.83. The van der Waals surface area contributed by atoms with Crippen molar-refractivity contribution in [3.63, 3.8) is 0 Å².